The molecule has 1 aromatic rings. The van der Waals surface area contributed by atoms with Crippen molar-refractivity contribution in [1.29, 1.82) is 0 Å². The zero-order chi connectivity index (χ0) is 12.7. The second-order valence-corrected chi connectivity index (χ2v) is 5.61. The lowest BCUT2D eigenvalue weighted by atomic mass is 10.2. The number of nitrogens with one attached hydrogen (secondary N) is 1. The van der Waals surface area contributed by atoms with E-state index in [2.05, 4.69) is 4.72 Å². The summed E-state index contributed by atoms with van der Waals surface area (Å²) in [5.41, 5.74) is 0.933. The normalized spacial score (nSPS) is 11.9. The van der Waals surface area contributed by atoms with Crippen LogP contribution in [0.2, 0.25) is 0 Å². The van der Waals surface area contributed by atoms with Crippen LogP contribution in [0.15, 0.2) is 30.3 Å². The Hall–Kier alpha value is -0.950. The minimum atomic E-state index is -3.47. The van der Waals surface area contributed by atoms with Crippen LogP contribution in [0.25, 0.3) is 0 Å². The van der Waals surface area contributed by atoms with Gasteiger partial charge in [-0.2, -0.15) is 0 Å². The molecule has 0 aliphatic heterocycles. The monoisotopic (exact) mass is 259 g/mol. The van der Waals surface area contributed by atoms with Crippen molar-refractivity contribution in [1.82, 2.24) is 4.72 Å². The number of hydrogen-bond acceptors (Lipinski definition) is 4. The summed E-state index contributed by atoms with van der Waals surface area (Å²) in [6, 6.07) is 8.44. The minimum absolute atomic E-state index is 0.0620. The third-order valence-corrected chi connectivity index (χ3v) is 3.72. The van der Waals surface area contributed by atoms with E-state index in [1.807, 2.05) is 30.3 Å². The van der Waals surface area contributed by atoms with Crippen LogP contribution in [0, 0.1) is 0 Å². The van der Waals surface area contributed by atoms with Crippen LogP contribution in [-0.4, -0.2) is 43.6 Å². The van der Waals surface area contributed by atoms with Gasteiger partial charge in [-0.1, -0.05) is 30.3 Å². The molecular formula is C11H17NO4S. The molecule has 17 heavy (non-hydrogen) atoms. The standard InChI is InChI=1S/C11H17NO4S/c13-8-11(9-14)12-17(15,16)7-6-10-4-2-1-3-5-10/h1-5,11-14H,6-9H2. The van der Waals surface area contributed by atoms with Crippen LogP contribution in [0.4, 0.5) is 0 Å². The van der Waals surface area contributed by atoms with Crippen LogP contribution in [0.3, 0.4) is 0 Å². The molecule has 0 amide bonds. The van der Waals surface area contributed by atoms with E-state index < -0.39 is 29.3 Å². The first-order valence-corrected chi connectivity index (χ1v) is 6.98. The number of hydrogen-bond donors (Lipinski definition) is 3. The van der Waals surface area contributed by atoms with Crippen molar-refractivity contribution < 1.29 is 18.6 Å². The van der Waals surface area contributed by atoms with Crippen LogP contribution >= 0.6 is 0 Å². The minimum Gasteiger partial charge on any atom is -0.395 e. The van der Waals surface area contributed by atoms with Gasteiger partial charge >= 0.3 is 0 Å². The van der Waals surface area contributed by atoms with E-state index in [0.717, 1.165) is 5.56 Å². The molecule has 1 rings (SSSR count). The number of benzene rings is 1. The van der Waals surface area contributed by atoms with Crippen molar-refractivity contribution in [2.24, 2.45) is 0 Å². The molecule has 1 aromatic carbocycles. The summed E-state index contributed by atoms with van der Waals surface area (Å²) in [6.45, 7) is -0.831. The van der Waals surface area contributed by atoms with Gasteiger partial charge in [-0.3, -0.25) is 0 Å². The summed E-state index contributed by atoms with van der Waals surface area (Å²) in [5, 5.41) is 17.6. The zero-order valence-corrected chi connectivity index (χ0v) is 10.2. The first-order chi connectivity index (χ1) is 8.07. The van der Waals surface area contributed by atoms with E-state index in [-0.39, 0.29) is 5.75 Å². The number of aliphatic hydroxyl groups excluding tert-OH is 2. The third-order valence-electron chi connectivity index (χ3n) is 2.29. The lowest BCUT2D eigenvalue weighted by Gasteiger charge is -2.13. The zero-order valence-electron chi connectivity index (χ0n) is 9.41. The molecule has 5 nitrogen and oxygen atoms in total. The van der Waals surface area contributed by atoms with E-state index in [4.69, 9.17) is 10.2 Å². The molecule has 3 N–H and O–H groups in total. The molecule has 0 unspecified atom stereocenters. The lowest BCUT2D eigenvalue weighted by Crippen LogP contribution is -2.41. The molecule has 0 saturated carbocycles. The summed E-state index contributed by atoms with van der Waals surface area (Å²) in [6.07, 6.45) is 0.403. The first-order valence-electron chi connectivity index (χ1n) is 5.33. The highest BCUT2D eigenvalue weighted by Gasteiger charge is 2.16. The first kappa shape index (κ1) is 14.1. The third kappa shape index (κ3) is 5.27. The molecule has 6 heteroatoms. The predicted octanol–water partition coefficient (Wildman–Crippen LogP) is -0.498. The van der Waals surface area contributed by atoms with Gasteiger partial charge in [0.05, 0.1) is 25.0 Å². The summed E-state index contributed by atoms with van der Waals surface area (Å²) < 4.78 is 25.4. The van der Waals surface area contributed by atoms with Crippen LogP contribution in [-0.2, 0) is 16.4 Å². The molecule has 0 saturated heterocycles. The molecular weight excluding hydrogens is 242 g/mol. The quantitative estimate of drug-likeness (QED) is 0.616. The summed E-state index contributed by atoms with van der Waals surface area (Å²) in [5.74, 6) is -0.0620. The Morgan fingerprint density at radius 1 is 1.12 bits per heavy atom. The largest absolute Gasteiger partial charge is 0.395 e. The number of aliphatic hydroxyl groups is 2. The van der Waals surface area contributed by atoms with Crippen molar-refractivity contribution in [2.75, 3.05) is 19.0 Å². The van der Waals surface area contributed by atoms with Crippen LogP contribution in [0.1, 0.15) is 5.56 Å². The fourth-order valence-electron chi connectivity index (χ4n) is 1.34. The Morgan fingerprint density at radius 2 is 1.71 bits per heavy atom. The lowest BCUT2D eigenvalue weighted by molar-refractivity contribution is 0.185. The van der Waals surface area contributed by atoms with Crippen molar-refractivity contribution >= 4 is 10.0 Å². The topological polar surface area (TPSA) is 86.6 Å². The van der Waals surface area contributed by atoms with Crippen LogP contribution in [0.5, 0.6) is 0 Å². The molecule has 0 bridgehead atoms. The molecule has 0 aliphatic rings. The molecule has 0 radical (unpaired) electrons. The Labute approximate surface area is 101 Å². The number of rotatable bonds is 7. The van der Waals surface area contributed by atoms with Crippen molar-refractivity contribution in [3.8, 4) is 0 Å². The average molecular weight is 259 g/mol. The van der Waals surface area contributed by atoms with Gasteiger partial charge in [0.15, 0.2) is 0 Å². The molecule has 0 aliphatic carbocycles. The molecule has 0 fully saturated rings. The van der Waals surface area contributed by atoms with Crippen molar-refractivity contribution in [3.63, 3.8) is 0 Å². The SMILES string of the molecule is O=S(=O)(CCc1ccccc1)NC(CO)CO. The Bertz CT molecular complexity index is 414. The van der Waals surface area contributed by atoms with E-state index in [9.17, 15) is 8.42 Å². The Morgan fingerprint density at radius 3 is 2.24 bits per heavy atom. The van der Waals surface area contributed by atoms with Crippen molar-refractivity contribution in [3.05, 3.63) is 35.9 Å². The molecule has 0 atom stereocenters. The highest BCUT2D eigenvalue weighted by atomic mass is 32.2. The smallest absolute Gasteiger partial charge is 0.212 e. The Kier molecular flexibility index (Phi) is 5.57. The average Bonchev–Trinajstić information content (AvgIpc) is 2.35. The number of aryl methyl sites for hydroxylation is 1. The van der Waals surface area contributed by atoms with Crippen LogP contribution < -0.4 is 4.72 Å². The van der Waals surface area contributed by atoms with E-state index in [1.54, 1.807) is 0 Å². The predicted molar refractivity (Wildman–Crippen MR) is 65.0 cm³/mol. The van der Waals surface area contributed by atoms with Gasteiger partial charge in [0.1, 0.15) is 0 Å². The van der Waals surface area contributed by atoms with Gasteiger partial charge in [-0.25, -0.2) is 13.1 Å². The molecule has 96 valence electrons. The molecule has 0 aromatic heterocycles. The summed E-state index contributed by atoms with van der Waals surface area (Å²) in [7, 11) is -3.47. The summed E-state index contributed by atoms with van der Waals surface area (Å²) in [4.78, 5) is 0. The fourth-order valence-corrected chi connectivity index (χ4v) is 2.62. The van der Waals surface area contributed by atoms with Gasteiger partial charge in [0, 0.05) is 0 Å². The highest BCUT2D eigenvalue weighted by molar-refractivity contribution is 7.89. The maximum absolute atomic E-state index is 11.6. The Balaban J connectivity index is 2.50. The van der Waals surface area contributed by atoms with E-state index in [1.165, 1.54) is 0 Å². The van der Waals surface area contributed by atoms with E-state index >= 15 is 0 Å². The van der Waals surface area contributed by atoms with Gasteiger partial charge < -0.3 is 10.2 Å². The van der Waals surface area contributed by atoms with Gasteiger partial charge in [-0.05, 0) is 12.0 Å². The van der Waals surface area contributed by atoms with Gasteiger partial charge in [0.2, 0.25) is 10.0 Å². The second kappa shape index (κ2) is 6.70. The summed E-state index contributed by atoms with van der Waals surface area (Å²) >= 11 is 0. The highest BCUT2D eigenvalue weighted by Crippen LogP contribution is 2.01. The maximum atomic E-state index is 11.6. The van der Waals surface area contributed by atoms with Crippen molar-refractivity contribution in [2.45, 2.75) is 12.5 Å². The molecule has 0 heterocycles. The maximum Gasteiger partial charge on any atom is 0.212 e. The fraction of sp³-hybridized carbons (Fsp3) is 0.455. The van der Waals surface area contributed by atoms with E-state index in [0.29, 0.717) is 6.42 Å². The number of sulfonamides is 1. The second-order valence-electron chi connectivity index (χ2n) is 3.73. The molecule has 0 spiro atoms. The van der Waals surface area contributed by atoms with Gasteiger partial charge in [-0.15, -0.1) is 0 Å². The van der Waals surface area contributed by atoms with Gasteiger partial charge in [0.25, 0.3) is 0 Å².